The number of ether oxygens (including phenoxy) is 2. The Balaban J connectivity index is 2.20. The first-order valence-corrected chi connectivity index (χ1v) is 7.83. The van der Waals surface area contributed by atoms with E-state index in [2.05, 4.69) is 43.4 Å². The zero-order chi connectivity index (χ0) is 15.5. The molecule has 1 aromatic carbocycles. The van der Waals surface area contributed by atoms with E-state index in [1.807, 2.05) is 6.92 Å². The van der Waals surface area contributed by atoms with Crippen molar-refractivity contribution >= 4 is 0 Å². The second kappa shape index (κ2) is 10.7. The average molecular weight is 295 g/mol. The van der Waals surface area contributed by atoms with Gasteiger partial charge in [-0.2, -0.15) is 0 Å². The van der Waals surface area contributed by atoms with Crippen molar-refractivity contribution in [3.8, 4) is 0 Å². The van der Waals surface area contributed by atoms with Crippen LogP contribution >= 0.6 is 0 Å². The second-order valence-electron chi connectivity index (χ2n) is 5.15. The minimum Gasteiger partial charge on any atom is -0.389 e. The van der Waals surface area contributed by atoms with Crippen LogP contribution in [0, 0.1) is 0 Å². The lowest BCUT2D eigenvalue weighted by molar-refractivity contribution is 0.00586. The Bertz CT molecular complexity index is 367. The summed E-state index contributed by atoms with van der Waals surface area (Å²) >= 11 is 0. The Morgan fingerprint density at radius 3 is 2.38 bits per heavy atom. The Morgan fingerprint density at radius 2 is 1.76 bits per heavy atom. The predicted octanol–water partition coefficient (Wildman–Crippen LogP) is 2.31. The molecule has 0 heterocycles. The summed E-state index contributed by atoms with van der Waals surface area (Å²) in [7, 11) is 0. The molecule has 0 spiro atoms. The van der Waals surface area contributed by atoms with E-state index in [9.17, 15) is 5.11 Å². The fourth-order valence-electron chi connectivity index (χ4n) is 2.01. The van der Waals surface area contributed by atoms with Crippen LogP contribution in [0.5, 0.6) is 0 Å². The highest BCUT2D eigenvalue weighted by Gasteiger charge is 2.09. The van der Waals surface area contributed by atoms with Gasteiger partial charge < -0.3 is 19.9 Å². The van der Waals surface area contributed by atoms with Crippen LogP contribution in [0.15, 0.2) is 24.3 Å². The first-order chi connectivity index (χ1) is 10.2. The highest BCUT2D eigenvalue weighted by molar-refractivity contribution is 5.24. The topological polar surface area (TPSA) is 50.7 Å². The van der Waals surface area contributed by atoms with Gasteiger partial charge in [0.25, 0.3) is 0 Å². The number of aliphatic hydroxyl groups is 1. The molecule has 0 bridgehead atoms. The molecule has 0 saturated carbocycles. The Labute approximate surface area is 128 Å². The van der Waals surface area contributed by atoms with Gasteiger partial charge in [-0.05, 0) is 31.4 Å². The number of aryl methyl sites for hydroxylation is 1. The standard InChI is InChI=1S/C17H29NO3/c1-4-15-6-8-16(9-7-15)14(3)18-12-17(19)13-21-11-10-20-5-2/h6-9,14,17-19H,4-5,10-13H2,1-3H3. The van der Waals surface area contributed by atoms with Crippen molar-refractivity contribution in [3.63, 3.8) is 0 Å². The Kier molecular flexibility index (Phi) is 9.26. The molecule has 0 aliphatic heterocycles. The maximum Gasteiger partial charge on any atom is 0.0897 e. The fourth-order valence-corrected chi connectivity index (χ4v) is 2.01. The number of benzene rings is 1. The number of hydrogen-bond donors (Lipinski definition) is 2. The summed E-state index contributed by atoms with van der Waals surface area (Å²) in [4.78, 5) is 0. The molecular formula is C17H29NO3. The summed E-state index contributed by atoms with van der Waals surface area (Å²) in [5.41, 5.74) is 2.57. The normalized spacial score (nSPS) is 14.1. The van der Waals surface area contributed by atoms with E-state index in [1.165, 1.54) is 11.1 Å². The zero-order valence-corrected chi connectivity index (χ0v) is 13.5. The number of rotatable bonds is 11. The van der Waals surface area contributed by atoms with E-state index in [1.54, 1.807) is 0 Å². The highest BCUT2D eigenvalue weighted by Crippen LogP contribution is 2.13. The van der Waals surface area contributed by atoms with Crippen molar-refractivity contribution in [2.75, 3.05) is 33.0 Å². The molecule has 1 rings (SSSR count). The zero-order valence-electron chi connectivity index (χ0n) is 13.5. The van der Waals surface area contributed by atoms with Crippen LogP contribution in [-0.4, -0.2) is 44.2 Å². The molecule has 0 amide bonds. The largest absolute Gasteiger partial charge is 0.389 e. The van der Waals surface area contributed by atoms with E-state index < -0.39 is 6.10 Å². The van der Waals surface area contributed by atoms with Crippen LogP contribution < -0.4 is 5.32 Å². The van der Waals surface area contributed by atoms with Gasteiger partial charge in [0.05, 0.1) is 25.9 Å². The van der Waals surface area contributed by atoms with Crippen LogP contribution in [0.3, 0.4) is 0 Å². The van der Waals surface area contributed by atoms with E-state index in [0.717, 1.165) is 6.42 Å². The van der Waals surface area contributed by atoms with Crippen molar-refractivity contribution < 1.29 is 14.6 Å². The minimum atomic E-state index is -0.496. The molecule has 0 fully saturated rings. The van der Waals surface area contributed by atoms with Gasteiger partial charge in [-0.1, -0.05) is 31.2 Å². The summed E-state index contributed by atoms with van der Waals surface area (Å²) in [6.07, 6.45) is 0.559. The summed E-state index contributed by atoms with van der Waals surface area (Å²) in [6, 6.07) is 8.80. The van der Waals surface area contributed by atoms with E-state index >= 15 is 0 Å². The average Bonchev–Trinajstić information content (AvgIpc) is 2.52. The maximum absolute atomic E-state index is 9.86. The highest BCUT2D eigenvalue weighted by atomic mass is 16.5. The van der Waals surface area contributed by atoms with E-state index in [-0.39, 0.29) is 6.04 Å². The van der Waals surface area contributed by atoms with Gasteiger partial charge in [0.15, 0.2) is 0 Å². The second-order valence-corrected chi connectivity index (χ2v) is 5.15. The van der Waals surface area contributed by atoms with Gasteiger partial charge in [0.1, 0.15) is 0 Å². The van der Waals surface area contributed by atoms with Crippen LogP contribution in [-0.2, 0) is 15.9 Å². The molecule has 21 heavy (non-hydrogen) atoms. The van der Waals surface area contributed by atoms with Crippen molar-refractivity contribution in [2.45, 2.75) is 39.3 Å². The van der Waals surface area contributed by atoms with Gasteiger partial charge in [-0.25, -0.2) is 0 Å². The van der Waals surface area contributed by atoms with Crippen LogP contribution in [0.25, 0.3) is 0 Å². The predicted molar refractivity (Wildman–Crippen MR) is 85.6 cm³/mol. The third-order valence-corrected chi connectivity index (χ3v) is 3.43. The van der Waals surface area contributed by atoms with Crippen molar-refractivity contribution in [1.29, 1.82) is 0 Å². The van der Waals surface area contributed by atoms with Crippen molar-refractivity contribution in [3.05, 3.63) is 35.4 Å². The number of nitrogens with one attached hydrogen (secondary N) is 1. The molecule has 0 aliphatic rings. The molecule has 0 radical (unpaired) electrons. The summed E-state index contributed by atoms with van der Waals surface area (Å²) in [5, 5.41) is 13.2. The summed E-state index contributed by atoms with van der Waals surface area (Å²) < 4.78 is 10.5. The van der Waals surface area contributed by atoms with Crippen LogP contribution in [0.1, 0.15) is 37.9 Å². The van der Waals surface area contributed by atoms with E-state index in [4.69, 9.17) is 9.47 Å². The molecule has 1 aromatic rings. The Morgan fingerprint density at radius 1 is 1.10 bits per heavy atom. The fraction of sp³-hybridized carbons (Fsp3) is 0.647. The smallest absolute Gasteiger partial charge is 0.0897 e. The molecule has 2 atom stereocenters. The number of hydrogen-bond acceptors (Lipinski definition) is 4. The lowest BCUT2D eigenvalue weighted by Gasteiger charge is -2.18. The molecule has 2 unspecified atom stereocenters. The monoisotopic (exact) mass is 295 g/mol. The Hall–Kier alpha value is -0.940. The van der Waals surface area contributed by atoms with Gasteiger partial charge in [-0.3, -0.25) is 0 Å². The SMILES string of the molecule is CCOCCOCC(O)CNC(C)c1ccc(CC)cc1. The third kappa shape index (κ3) is 7.58. The molecule has 4 heteroatoms. The minimum absolute atomic E-state index is 0.217. The third-order valence-electron chi connectivity index (χ3n) is 3.43. The van der Waals surface area contributed by atoms with Crippen molar-refractivity contribution in [2.24, 2.45) is 0 Å². The molecule has 0 aromatic heterocycles. The summed E-state index contributed by atoms with van der Waals surface area (Å²) in [5.74, 6) is 0. The van der Waals surface area contributed by atoms with Gasteiger partial charge in [-0.15, -0.1) is 0 Å². The number of aliphatic hydroxyl groups excluding tert-OH is 1. The quantitative estimate of drug-likeness (QED) is 0.615. The molecule has 4 nitrogen and oxygen atoms in total. The molecule has 0 saturated heterocycles. The molecule has 120 valence electrons. The van der Waals surface area contributed by atoms with Crippen molar-refractivity contribution in [1.82, 2.24) is 5.32 Å². The van der Waals surface area contributed by atoms with Crippen LogP contribution in [0.4, 0.5) is 0 Å². The van der Waals surface area contributed by atoms with Gasteiger partial charge in [0.2, 0.25) is 0 Å². The molecule has 0 aliphatic carbocycles. The molecular weight excluding hydrogens is 266 g/mol. The van der Waals surface area contributed by atoms with Gasteiger partial charge >= 0.3 is 0 Å². The first-order valence-electron chi connectivity index (χ1n) is 7.83. The first kappa shape index (κ1) is 18.1. The lowest BCUT2D eigenvalue weighted by atomic mass is 10.0. The maximum atomic E-state index is 9.86. The summed E-state index contributed by atoms with van der Waals surface area (Å²) in [6.45, 7) is 8.86. The van der Waals surface area contributed by atoms with E-state index in [0.29, 0.717) is 33.0 Å². The lowest BCUT2D eigenvalue weighted by Crippen LogP contribution is -2.32. The molecule has 2 N–H and O–H groups in total. The van der Waals surface area contributed by atoms with Crippen LogP contribution in [0.2, 0.25) is 0 Å². The van der Waals surface area contributed by atoms with Gasteiger partial charge in [0, 0.05) is 19.2 Å².